The number of nitrogens with zero attached hydrogens (tertiary/aromatic N) is 3. The molecule has 0 amide bonds. The van der Waals surface area contributed by atoms with Gasteiger partial charge in [0.25, 0.3) is 0 Å². The van der Waals surface area contributed by atoms with Gasteiger partial charge in [0.05, 0.1) is 6.04 Å². The van der Waals surface area contributed by atoms with E-state index in [1.165, 1.54) is 31.8 Å². The molecule has 0 saturated carbocycles. The fraction of sp³-hybridized carbons (Fsp3) is 0.864. The fourth-order valence-corrected chi connectivity index (χ4v) is 4.62. The van der Waals surface area contributed by atoms with Crippen LogP contribution in [0.5, 0.6) is 0 Å². The van der Waals surface area contributed by atoms with Crippen molar-refractivity contribution in [3.63, 3.8) is 0 Å². The van der Waals surface area contributed by atoms with Gasteiger partial charge in [-0.05, 0) is 35.9 Å². The van der Waals surface area contributed by atoms with E-state index in [4.69, 9.17) is 4.99 Å². The monoisotopic (exact) mass is 345 g/mol. The molecule has 0 aromatic heterocycles. The molecule has 3 aliphatic heterocycles. The zero-order valence-electron chi connectivity index (χ0n) is 18.0. The average Bonchev–Trinajstić information content (AvgIpc) is 2.73. The molecule has 0 radical (unpaired) electrons. The molecule has 3 heterocycles. The van der Waals surface area contributed by atoms with Crippen molar-refractivity contribution in [1.29, 1.82) is 0 Å². The van der Waals surface area contributed by atoms with E-state index in [1.54, 1.807) is 11.3 Å². The van der Waals surface area contributed by atoms with E-state index in [2.05, 4.69) is 72.1 Å². The van der Waals surface area contributed by atoms with Gasteiger partial charge in [0.1, 0.15) is 5.84 Å². The molecule has 2 saturated heterocycles. The van der Waals surface area contributed by atoms with Crippen LogP contribution < -0.4 is 0 Å². The van der Waals surface area contributed by atoms with Gasteiger partial charge in [0.15, 0.2) is 0 Å². The zero-order chi connectivity index (χ0) is 18.8. The molecule has 3 heteroatoms. The molecular formula is C22H39N3. The minimum atomic E-state index is 0.0853. The molecule has 0 aromatic carbocycles. The lowest BCUT2D eigenvalue weighted by atomic mass is 9.70. The maximum absolute atomic E-state index is 5.42. The van der Waals surface area contributed by atoms with E-state index in [0.717, 1.165) is 6.54 Å². The van der Waals surface area contributed by atoms with Crippen molar-refractivity contribution >= 4 is 5.84 Å². The zero-order valence-corrected chi connectivity index (χ0v) is 18.0. The fourth-order valence-electron chi connectivity index (χ4n) is 4.62. The number of amidine groups is 1. The Labute approximate surface area is 155 Å². The molecule has 3 rings (SSSR count). The smallest absolute Gasteiger partial charge is 0.109 e. The van der Waals surface area contributed by atoms with Crippen LogP contribution in [0.4, 0.5) is 0 Å². The maximum Gasteiger partial charge on any atom is 0.109 e. The number of rotatable bonds is 1. The molecule has 3 aliphatic rings. The summed E-state index contributed by atoms with van der Waals surface area (Å²) in [5, 5.41) is 0. The molecule has 0 spiro atoms. The molecule has 25 heavy (non-hydrogen) atoms. The highest BCUT2D eigenvalue weighted by atomic mass is 15.3. The van der Waals surface area contributed by atoms with Gasteiger partial charge in [0.2, 0.25) is 0 Å². The summed E-state index contributed by atoms with van der Waals surface area (Å²) in [4.78, 5) is 10.7. The lowest BCUT2D eigenvalue weighted by molar-refractivity contribution is 0.124. The summed E-state index contributed by atoms with van der Waals surface area (Å²) in [6.07, 6.45) is 2.57. The molecule has 3 nitrogen and oxygen atoms in total. The molecule has 0 N–H and O–H groups in total. The number of likely N-dealkylation sites (tertiary alicyclic amines) is 1. The molecule has 142 valence electrons. The van der Waals surface area contributed by atoms with E-state index in [-0.39, 0.29) is 22.3 Å². The highest BCUT2D eigenvalue weighted by molar-refractivity contribution is 5.90. The SMILES string of the molecule is CC(C)(C)C1=N[C@@H](C(C)(C)C)C(C(C)(C)C)=C2CC(N3CCC3)CN12. The van der Waals surface area contributed by atoms with Crippen LogP contribution in [0.2, 0.25) is 0 Å². The topological polar surface area (TPSA) is 18.8 Å². The summed E-state index contributed by atoms with van der Waals surface area (Å²) in [5.41, 5.74) is 3.55. The third-order valence-electron chi connectivity index (χ3n) is 5.95. The summed E-state index contributed by atoms with van der Waals surface area (Å²) in [6, 6.07) is 0.954. The van der Waals surface area contributed by atoms with E-state index >= 15 is 0 Å². The van der Waals surface area contributed by atoms with Gasteiger partial charge in [0, 0.05) is 30.1 Å². The van der Waals surface area contributed by atoms with Crippen molar-refractivity contribution in [2.24, 2.45) is 21.2 Å². The van der Waals surface area contributed by atoms with Crippen LogP contribution >= 0.6 is 0 Å². The molecule has 0 aromatic rings. The van der Waals surface area contributed by atoms with Gasteiger partial charge >= 0.3 is 0 Å². The summed E-state index contributed by atoms with van der Waals surface area (Å²) in [7, 11) is 0. The molecule has 1 unspecified atom stereocenters. The Morgan fingerprint density at radius 1 is 0.880 bits per heavy atom. The lowest BCUT2D eigenvalue weighted by Gasteiger charge is -2.45. The van der Waals surface area contributed by atoms with Crippen molar-refractivity contribution < 1.29 is 0 Å². The number of fused-ring (bicyclic) bond motifs is 1. The van der Waals surface area contributed by atoms with Gasteiger partial charge in [-0.1, -0.05) is 62.3 Å². The van der Waals surface area contributed by atoms with Crippen LogP contribution in [0.1, 0.15) is 75.2 Å². The second-order valence-corrected chi connectivity index (χ2v) is 11.4. The van der Waals surface area contributed by atoms with Gasteiger partial charge in [-0.3, -0.25) is 9.89 Å². The van der Waals surface area contributed by atoms with E-state index in [1.807, 2.05) is 0 Å². The standard InChI is InChI=1S/C22H39N3/c1-20(2,3)17-16-13-15(24-11-10-12-24)14-25(16)19(22(7,8)9)23-18(17)21(4,5)6/h15,18H,10-14H2,1-9H3/t15?,18-/m1/s1. The number of hydrogen-bond donors (Lipinski definition) is 0. The van der Waals surface area contributed by atoms with Crippen molar-refractivity contribution in [2.75, 3.05) is 19.6 Å². The minimum absolute atomic E-state index is 0.0853. The maximum atomic E-state index is 5.42. The van der Waals surface area contributed by atoms with Crippen LogP contribution in [-0.2, 0) is 0 Å². The molecule has 2 atom stereocenters. The Balaban J connectivity index is 2.11. The quantitative estimate of drug-likeness (QED) is 0.670. The third-order valence-corrected chi connectivity index (χ3v) is 5.95. The highest BCUT2D eigenvalue weighted by Gasteiger charge is 2.47. The van der Waals surface area contributed by atoms with Crippen molar-refractivity contribution in [3.8, 4) is 0 Å². The normalized spacial score (nSPS) is 28.8. The second kappa shape index (κ2) is 5.84. The van der Waals surface area contributed by atoms with Gasteiger partial charge in [-0.25, -0.2) is 0 Å². The highest BCUT2D eigenvalue weighted by Crippen LogP contribution is 2.48. The first-order valence-corrected chi connectivity index (χ1v) is 10.1. The Kier molecular flexibility index (Phi) is 4.42. The Morgan fingerprint density at radius 3 is 1.88 bits per heavy atom. The lowest BCUT2D eigenvalue weighted by Crippen LogP contribution is -2.49. The summed E-state index contributed by atoms with van der Waals surface area (Å²) in [6.45, 7) is 24.8. The predicted molar refractivity (Wildman–Crippen MR) is 108 cm³/mol. The first-order valence-electron chi connectivity index (χ1n) is 10.1. The predicted octanol–water partition coefficient (Wildman–Crippen LogP) is 4.94. The Hall–Kier alpha value is -0.830. The van der Waals surface area contributed by atoms with E-state index < -0.39 is 0 Å². The van der Waals surface area contributed by atoms with Crippen LogP contribution in [-0.4, -0.2) is 47.4 Å². The van der Waals surface area contributed by atoms with Crippen molar-refractivity contribution in [3.05, 3.63) is 11.3 Å². The van der Waals surface area contributed by atoms with Gasteiger partial charge in [-0.2, -0.15) is 0 Å². The van der Waals surface area contributed by atoms with Gasteiger partial charge < -0.3 is 4.90 Å². The third kappa shape index (κ3) is 3.41. The van der Waals surface area contributed by atoms with Crippen LogP contribution in [0, 0.1) is 16.2 Å². The van der Waals surface area contributed by atoms with Crippen LogP contribution in [0.15, 0.2) is 16.3 Å². The van der Waals surface area contributed by atoms with Crippen molar-refractivity contribution in [2.45, 2.75) is 87.2 Å². The summed E-state index contributed by atoms with van der Waals surface area (Å²) in [5.74, 6) is 1.30. The van der Waals surface area contributed by atoms with Crippen molar-refractivity contribution in [1.82, 2.24) is 9.80 Å². The number of aliphatic imine (C=N–C) groups is 1. The van der Waals surface area contributed by atoms with E-state index in [9.17, 15) is 0 Å². The van der Waals surface area contributed by atoms with Gasteiger partial charge in [-0.15, -0.1) is 0 Å². The van der Waals surface area contributed by atoms with Crippen LogP contribution in [0.25, 0.3) is 0 Å². The average molecular weight is 346 g/mol. The number of hydrogen-bond acceptors (Lipinski definition) is 3. The minimum Gasteiger partial charge on any atom is -0.332 e. The molecule has 0 aliphatic carbocycles. The summed E-state index contributed by atoms with van der Waals surface area (Å²) < 4.78 is 0. The second-order valence-electron chi connectivity index (χ2n) is 11.4. The molecule has 0 bridgehead atoms. The first-order chi connectivity index (χ1) is 11.3. The van der Waals surface area contributed by atoms with E-state index in [0.29, 0.717) is 6.04 Å². The Bertz CT molecular complexity index is 588. The molecular weight excluding hydrogens is 306 g/mol. The largest absolute Gasteiger partial charge is 0.332 e. The Morgan fingerprint density at radius 2 is 1.48 bits per heavy atom. The molecule has 2 fully saturated rings. The first kappa shape index (κ1) is 18.9. The van der Waals surface area contributed by atoms with Crippen LogP contribution in [0.3, 0.4) is 0 Å². The summed E-state index contributed by atoms with van der Waals surface area (Å²) >= 11 is 0.